The number of allylic oxidation sites excluding steroid dienone is 4. The molecule has 1 aromatic heterocycles. The lowest BCUT2D eigenvalue weighted by Crippen LogP contribution is -2.34. The van der Waals surface area contributed by atoms with E-state index in [1.807, 2.05) is 18.2 Å². The van der Waals surface area contributed by atoms with E-state index < -0.39 is 0 Å². The number of nitrogens with zero attached hydrogens (tertiary/aromatic N) is 3. The zero-order chi connectivity index (χ0) is 26.5. The van der Waals surface area contributed by atoms with Gasteiger partial charge in [0.1, 0.15) is 17.1 Å². The zero-order valence-corrected chi connectivity index (χ0v) is 23.7. The highest BCUT2D eigenvalue weighted by Crippen LogP contribution is 2.38. The highest BCUT2D eigenvalue weighted by atomic mass is 35.5. The normalized spacial score (nSPS) is 18.6. The maximum absolute atomic E-state index is 12.2. The van der Waals surface area contributed by atoms with E-state index in [1.165, 1.54) is 23.8 Å². The maximum Gasteiger partial charge on any atom is 0.341 e. The SMILES string of the molecule is CCCCn1c(C2=C(C)CCC=C2C)nc(Cl)c1CN1CCCCC1c1ccc(C(=O)OC)c(OC)c1. The molecule has 1 aromatic carbocycles. The number of likely N-dealkylation sites (tertiary alicyclic amines) is 1. The third-order valence-electron chi connectivity index (χ3n) is 7.76. The number of benzene rings is 1. The molecule has 0 bridgehead atoms. The van der Waals surface area contributed by atoms with E-state index in [4.69, 9.17) is 26.1 Å². The van der Waals surface area contributed by atoms with Gasteiger partial charge in [-0.2, -0.15) is 0 Å². The van der Waals surface area contributed by atoms with Crippen molar-refractivity contribution in [3.05, 3.63) is 63.2 Å². The quantitative estimate of drug-likeness (QED) is 0.320. The van der Waals surface area contributed by atoms with Crippen molar-refractivity contribution >= 4 is 23.1 Å². The standard InChI is InChI=1S/C30H40ClN3O3/c1-6-7-17-34-25(28(31)32-29(34)27-20(2)11-10-12-21(27)3)19-33-16-9-8-13-24(33)22-14-15-23(30(35)37-5)26(18-22)36-4/h11,14-15,18,24H,6-10,12-13,16-17,19H2,1-5H3. The summed E-state index contributed by atoms with van der Waals surface area (Å²) in [5.41, 5.74) is 6.62. The highest BCUT2D eigenvalue weighted by Gasteiger charge is 2.29. The second-order valence-corrected chi connectivity index (χ2v) is 10.6. The first-order valence-electron chi connectivity index (χ1n) is 13.5. The number of methoxy groups -OCH3 is 2. The third-order valence-corrected chi connectivity index (χ3v) is 8.06. The maximum atomic E-state index is 12.2. The van der Waals surface area contributed by atoms with Crippen molar-refractivity contribution < 1.29 is 14.3 Å². The van der Waals surface area contributed by atoms with Crippen molar-refractivity contribution in [1.29, 1.82) is 0 Å². The van der Waals surface area contributed by atoms with Crippen LogP contribution in [0.25, 0.3) is 5.57 Å². The molecule has 1 saturated heterocycles. The first kappa shape index (κ1) is 27.5. The molecule has 2 heterocycles. The van der Waals surface area contributed by atoms with Gasteiger partial charge < -0.3 is 14.0 Å². The first-order valence-corrected chi connectivity index (χ1v) is 13.9. The largest absolute Gasteiger partial charge is 0.496 e. The number of carbonyl (C=O) groups excluding carboxylic acids is 1. The van der Waals surface area contributed by atoms with Gasteiger partial charge in [0.2, 0.25) is 0 Å². The van der Waals surface area contributed by atoms with Gasteiger partial charge in [0.05, 0.1) is 19.9 Å². The van der Waals surface area contributed by atoms with Crippen LogP contribution >= 0.6 is 11.6 Å². The van der Waals surface area contributed by atoms with Gasteiger partial charge in [-0.15, -0.1) is 0 Å². The van der Waals surface area contributed by atoms with Crippen molar-refractivity contribution in [1.82, 2.24) is 14.5 Å². The molecule has 0 saturated carbocycles. The summed E-state index contributed by atoms with van der Waals surface area (Å²) < 4.78 is 12.9. The average Bonchev–Trinajstić information content (AvgIpc) is 3.20. The van der Waals surface area contributed by atoms with Crippen molar-refractivity contribution in [3.63, 3.8) is 0 Å². The van der Waals surface area contributed by atoms with Gasteiger partial charge in [0.25, 0.3) is 0 Å². The summed E-state index contributed by atoms with van der Waals surface area (Å²) in [5, 5.41) is 0.604. The molecule has 0 amide bonds. The molecule has 4 rings (SSSR count). The molecule has 6 nitrogen and oxygen atoms in total. The summed E-state index contributed by atoms with van der Waals surface area (Å²) in [7, 11) is 2.98. The van der Waals surface area contributed by atoms with Crippen molar-refractivity contribution in [3.8, 4) is 5.75 Å². The number of unbranched alkanes of at least 4 members (excludes halogenated alkanes) is 1. The number of halogens is 1. The summed E-state index contributed by atoms with van der Waals surface area (Å²) in [6, 6.07) is 6.04. The molecule has 1 aliphatic heterocycles. The third kappa shape index (κ3) is 5.80. The molecule has 2 aliphatic rings. The molecule has 1 aliphatic carbocycles. The van der Waals surface area contributed by atoms with Crippen LogP contribution in [-0.4, -0.2) is 41.2 Å². The minimum Gasteiger partial charge on any atom is -0.496 e. The summed E-state index contributed by atoms with van der Waals surface area (Å²) in [5.74, 6) is 1.17. The van der Waals surface area contributed by atoms with Gasteiger partial charge in [-0.1, -0.05) is 49.1 Å². The smallest absolute Gasteiger partial charge is 0.341 e. The number of rotatable bonds is 9. The number of hydrogen-bond acceptors (Lipinski definition) is 5. The Morgan fingerprint density at radius 3 is 2.73 bits per heavy atom. The second-order valence-electron chi connectivity index (χ2n) is 10.2. The van der Waals surface area contributed by atoms with Gasteiger partial charge in [-0.3, -0.25) is 4.90 Å². The summed E-state index contributed by atoms with van der Waals surface area (Å²) in [6.07, 6.45) is 10.0. The van der Waals surface area contributed by atoms with E-state index in [1.54, 1.807) is 7.11 Å². The molecule has 1 atom stereocenters. The molecule has 200 valence electrons. The molecule has 1 unspecified atom stereocenters. The Kier molecular flexibility index (Phi) is 9.14. The summed E-state index contributed by atoms with van der Waals surface area (Å²) in [4.78, 5) is 19.6. The molecule has 7 heteroatoms. The Hall–Kier alpha value is -2.57. The Bertz CT molecular complexity index is 1200. The Labute approximate surface area is 226 Å². The zero-order valence-electron chi connectivity index (χ0n) is 22.9. The van der Waals surface area contributed by atoms with Crippen LogP contribution in [0, 0.1) is 0 Å². The van der Waals surface area contributed by atoms with E-state index in [-0.39, 0.29) is 12.0 Å². The number of piperidine rings is 1. The van der Waals surface area contributed by atoms with Crippen LogP contribution in [-0.2, 0) is 17.8 Å². The summed E-state index contributed by atoms with van der Waals surface area (Å²) in [6.45, 7) is 9.26. The van der Waals surface area contributed by atoms with E-state index >= 15 is 0 Å². The highest BCUT2D eigenvalue weighted by molar-refractivity contribution is 6.30. The fourth-order valence-corrected chi connectivity index (χ4v) is 5.98. The molecule has 0 radical (unpaired) electrons. The second kappa shape index (κ2) is 12.3. The first-order chi connectivity index (χ1) is 17.9. The van der Waals surface area contributed by atoms with Crippen LogP contribution in [0.3, 0.4) is 0 Å². The van der Waals surface area contributed by atoms with Crippen LogP contribution in [0.5, 0.6) is 5.75 Å². The van der Waals surface area contributed by atoms with Gasteiger partial charge in [-0.25, -0.2) is 9.78 Å². The number of esters is 1. The Morgan fingerprint density at radius 2 is 2.03 bits per heavy atom. The predicted octanol–water partition coefficient (Wildman–Crippen LogP) is 7.37. The average molecular weight is 526 g/mol. The molecule has 0 N–H and O–H groups in total. The van der Waals surface area contributed by atoms with E-state index in [2.05, 4.69) is 36.3 Å². The molecular weight excluding hydrogens is 486 g/mol. The summed E-state index contributed by atoms with van der Waals surface area (Å²) >= 11 is 6.90. The minimum absolute atomic E-state index is 0.209. The van der Waals surface area contributed by atoms with E-state index in [0.29, 0.717) is 16.5 Å². The van der Waals surface area contributed by atoms with Crippen LogP contribution in [0.1, 0.15) is 99.2 Å². The Morgan fingerprint density at radius 1 is 1.22 bits per heavy atom. The van der Waals surface area contributed by atoms with Crippen molar-refractivity contribution in [2.75, 3.05) is 20.8 Å². The lowest BCUT2D eigenvalue weighted by molar-refractivity contribution is 0.0597. The topological polar surface area (TPSA) is 56.6 Å². The van der Waals surface area contributed by atoms with Crippen molar-refractivity contribution in [2.24, 2.45) is 0 Å². The van der Waals surface area contributed by atoms with Gasteiger partial charge >= 0.3 is 5.97 Å². The lowest BCUT2D eigenvalue weighted by Gasteiger charge is -2.36. The van der Waals surface area contributed by atoms with Gasteiger partial charge in [0, 0.05) is 24.7 Å². The molecular formula is C30H40ClN3O3. The van der Waals surface area contributed by atoms with Gasteiger partial charge in [0.15, 0.2) is 5.15 Å². The van der Waals surface area contributed by atoms with Crippen LogP contribution < -0.4 is 4.74 Å². The monoisotopic (exact) mass is 525 g/mol. The predicted molar refractivity (Wildman–Crippen MR) is 149 cm³/mol. The lowest BCUT2D eigenvalue weighted by atomic mass is 9.92. The molecule has 0 spiro atoms. The fourth-order valence-electron chi connectivity index (χ4n) is 5.74. The number of imidazole rings is 1. The number of hydrogen-bond donors (Lipinski definition) is 0. The van der Waals surface area contributed by atoms with Crippen LogP contribution in [0.15, 0.2) is 35.4 Å². The van der Waals surface area contributed by atoms with Crippen molar-refractivity contribution in [2.45, 2.75) is 84.8 Å². The minimum atomic E-state index is -0.389. The molecule has 1 fully saturated rings. The Balaban J connectivity index is 1.70. The van der Waals surface area contributed by atoms with Crippen LogP contribution in [0.4, 0.5) is 0 Å². The van der Waals surface area contributed by atoms with Crippen LogP contribution in [0.2, 0.25) is 5.15 Å². The molecule has 2 aromatic rings. The fraction of sp³-hybridized carbons (Fsp3) is 0.533. The number of ether oxygens (including phenoxy) is 2. The number of aromatic nitrogens is 2. The van der Waals surface area contributed by atoms with E-state index in [9.17, 15) is 4.79 Å². The number of carbonyl (C=O) groups is 1. The van der Waals surface area contributed by atoms with Gasteiger partial charge in [-0.05, 0) is 75.8 Å². The van der Waals surface area contributed by atoms with E-state index in [0.717, 1.165) is 81.7 Å². The molecule has 37 heavy (non-hydrogen) atoms.